The summed E-state index contributed by atoms with van der Waals surface area (Å²) in [6.45, 7) is 5.07. The van der Waals surface area contributed by atoms with Crippen LogP contribution in [0, 0.1) is 5.82 Å². The summed E-state index contributed by atoms with van der Waals surface area (Å²) in [5.41, 5.74) is 0.739. The molecule has 2 rings (SSSR count). The smallest absolute Gasteiger partial charge is 0.244 e. The highest BCUT2D eigenvalue weighted by atomic mass is 32.2. The number of methoxy groups -OCH3 is 1. The summed E-state index contributed by atoms with van der Waals surface area (Å²) in [6, 6.07) is 11.2. The summed E-state index contributed by atoms with van der Waals surface area (Å²) in [6.07, 6.45) is 1.98. The van der Waals surface area contributed by atoms with Crippen molar-refractivity contribution in [2.24, 2.45) is 0 Å². The maximum absolute atomic E-state index is 13.8. The molecule has 192 valence electrons. The molecule has 0 saturated heterocycles. The lowest BCUT2D eigenvalue weighted by Gasteiger charge is -2.33. The molecule has 8 nitrogen and oxygen atoms in total. The Labute approximate surface area is 207 Å². The van der Waals surface area contributed by atoms with Gasteiger partial charge >= 0.3 is 0 Å². The molecular formula is C25H34FN3O5S. The number of benzene rings is 2. The molecule has 10 heteroatoms. The maximum Gasteiger partial charge on any atom is 0.244 e. The van der Waals surface area contributed by atoms with Crippen molar-refractivity contribution in [2.45, 2.75) is 52.2 Å². The lowest BCUT2D eigenvalue weighted by molar-refractivity contribution is -0.140. The van der Waals surface area contributed by atoms with Gasteiger partial charge < -0.3 is 15.0 Å². The molecule has 2 atom stereocenters. The van der Waals surface area contributed by atoms with Crippen LogP contribution in [0.15, 0.2) is 48.5 Å². The van der Waals surface area contributed by atoms with E-state index in [0.29, 0.717) is 24.2 Å². The van der Waals surface area contributed by atoms with E-state index in [1.165, 1.54) is 30.2 Å². The van der Waals surface area contributed by atoms with Crippen molar-refractivity contribution in [3.05, 3.63) is 59.9 Å². The molecule has 35 heavy (non-hydrogen) atoms. The van der Waals surface area contributed by atoms with Crippen LogP contribution >= 0.6 is 0 Å². The zero-order chi connectivity index (χ0) is 26.2. The number of ether oxygens (including phenoxy) is 1. The summed E-state index contributed by atoms with van der Waals surface area (Å²) < 4.78 is 45.0. The lowest BCUT2D eigenvalue weighted by Crippen LogP contribution is -2.53. The number of anilines is 1. The SMILES string of the molecule is CC[C@@H](C)NC(=O)[C@@H](CC)N(Cc1cccc(OC)c1)C(=O)CN(c1cccc(F)c1)S(C)(=O)=O. The molecule has 0 saturated carbocycles. The van der Waals surface area contributed by atoms with Gasteiger partial charge in [-0.05, 0) is 55.7 Å². The van der Waals surface area contributed by atoms with E-state index in [-0.39, 0.29) is 24.2 Å². The highest BCUT2D eigenvalue weighted by Gasteiger charge is 2.32. The van der Waals surface area contributed by atoms with Gasteiger partial charge in [0.1, 0.15) is 24.2 Å². The van der Waals surface area contributed by atoms with Gasteiger partial charge in [0.05, 0.1) is 19.1 Å². The van der Waals surface area contributed by atoms with Gasteiger partial charge in [0.2, 0.25) is 21.8 Å². The quantitative estimate of drug-likeness (QED) is 0.476. The van der Waals surface area contributed by atoms with Gasteiger partial charge in [-0.3, -0.25) is 13.9 Å². The van der Waals surface area contributed by atoms with Crippen LogP contribution < -0.4 is 14.4 Å². The molecule has 0 bridgehead atoms. The van der Waals surface area contributed by atoms with Crippen LogP contribution in [0.3, 0.4) is 0 Å². The number of carbonyl (C=O) groups excluding carboxylic acids is 2. The van der Waals surface area contributed by atoms with Crippen molar-refractivity contribution < 1.29 is 27.1 Å². The van der Waals surface area contributed by atoms with Gasteiger partial charge in [-0.25, -0.2) is 12.8 Å². The highest BCUT2D eigenvalue weighted by molar-refractivity contribution is 7.92. The Morgan fingerprint density at radius 2 is 1.77 bits per heavy atom. The first kappa shape index (κ1) is 28.1. The monoisotopic (exact) mass is 507 g/mol. The van der Waals surface area contributed by atoms with Crippen LogP contribution in [0.4, 0.5) is 10.1 Å². The molecular weight excluding hydrogens is 473 g/mol. The fourth-order valence-corrected chi connectivity index (χ4v) is 4.41. The van der Waals surface area contributed by atoms with Crippen molar-refractivity contribution in [3.63, 3.8) is 0 Å². The van der Waals surface area contributed by atoms with E-state index >= 15 is 0 Å². The zero-order valence-corrected chi connectivity index (χ0v) is 21.6. The van der Waals surface area contributed by atoms with E-state index in [4.69, 9.17) is 4.74 Å². The number of nitrogens with zero attached hydrogens (tertiary/aromatic N) is 2. The predicted molar refractivity (Wildman–Crippen MR) is 134 cm³/mol. The van der Waals surface area contributed by atoms with Crippen LogP contribution in [-0.2, 0) is 26.2 Å². The molecule has 0 radical (unpaired) electrons. The average molecular weight is 508 g/mol. The third-order valence-corrected chi connectivity index (χ3v) is 6.79. The predicted octanol–water partition coefficient (Wildman–Crippen LogP) is 3.32. The molecule has 0 aliphatic carbocycles. The molecule has 0 fully saturated rings. The highest BCUT2D eigenvalue weighted by Crippen LogP contribution is 2.21. The number of rotatable bonds is 12. The van der Waals surface area contributed by atoms with Crippen molar-refractivity contribution in [1.29, 1.82) is 0 Å². The third kappa shape index (κ3) is 7.95. The Kier molecular flexibility index (Phi) is 10.1. The second-order valence-electron chi connectivity index (χ2n) is 8.36. The van der Waals surface area contributed by atoms with Crippen LogP contribution in [-0.4, -0.2) is 57.1 Å². The van der Waals surface area contributed by atoms with E-state index < -0.39 is 34.3 Å². The standard InChI is InChI=1S/C25H34FN3O5S/c1-6-18(3)27-25(31)23(7-2)28(16-19-10-8-13-22(14-19)34-4)24(30)17-29(35(5,32)33)21-12-9-11-20(26)15-21/h8-15,18,23H,6-7,16-17H2,1-5H3,(H,27,31)/t18-,23-/m1/s1. The van der Waals surface area contributed by atoms with Crippen molar-refractivity contribution in [2.75, 3.05) is 24.2 Å². The van der Waals surface area contributed by atoms with E-state index in [1.807, 2.05) is 13.8 Å². The summed E-state index contributed by atoms with van der Waals surface area (Å²) in [5, 5.41) is 2.91. The number of nitrogens with one attached hydrogen (secondary N) is 1. The number of hydrogen-bond donors (Lipinski definition) is 1. The molecule has 2 aromatic rings. The minimum Gasteiger partial charge on any atom is -0.497 e. The average Bonchev–Trinajstić information content (AvgIpc) is 2.81. The Morgan fingerprint density at radius 3 is 2.34 bits per heavy atom. The lowest BCUT2D eigenvalue weighted by atomic mass is 10.1. The second kappa shape index (κ2) is 12.5. The normalized spacial score (nSPS) is 13.0. The van der Waals surface area contributed by atoms with Crippen LogP contribution in [0.25, 0.3) is 0 Å². The molecule has 0 spiro atoms. The number of hydrogen-bond acceptors (Lipinski definition) is 5. The van der Waals surface area contributed by atoms with Gasteiger partial charge in [0.15, 0.2) is 0 Å². The van der Waals surface area contributed by atoms with E-state index in [2.05, 4.69) is 5.32 Å². The first-order valence-corrected chi connectivity index (χ1v) is 13.3. The molecule has 2 aromatic carbocycles. The Morgan fingerprint density at radius 1 is 1.09 bits per heavy atom. The first-order chi connectivity index (χ1) is 16.5. The minimum atomic E-state index is -3.92. The maximum atomic E-state index is 13.8. The Bertz CT molecular complexity index is 1130. The molecule has 0 heterocycles. The fourth-order valence-electron chi connectivity index (χ4n) is 3.57. The molecule has 0 aliphatic heterocycles. The zero-order valence-electron chi connectivity index (χ0n) is 20.8. The van der Waals surface area contributed by atoms with Gasteiger partial charge in [0, 0.05) is 12.6 Å². The van der Waals surface area contributed by atoms with Crippen LogP contribution in [0.1, 0.15) is 39.2 Å². The summed E-state index contributed by atoms with van der Waals surface area (Å²) >= 11 is 0. The minimum absolute atomic E-state index is 0.0271. The summed E-state index contributed by atoms with van der Waals surface area (Å²) in [4.78, 5) is 28.0. The molecule has 0 aliphatic rings. The van der Waals surface area contributed by atoms with E-state index in [0.717, 1.165) is 16.6 Å². The van der Waals surface area contributed by atoms with Crippen LogP contribution in [0.5, 0.6) is 5.75 Å². The Hall–Kier alpha value is -3.14. The van der Waals surface area contributed by atoms with Gasteiger partial charge in [-0.2, -0.15) is 0 Å². The van der Waals surface area contributed by atoms with Gasteiger partial charge in [-0.1, -0.05) is 32.0 Å². The number of carbonyl (C=O) groups is 2. The van der Waals surface area contributed by atoms with Crippen LogP contribution in [0.2, 0.25) is 0 Å². The number of amides is 2. The van der Waals surface area contributed by atoms with E-state index in [9.17, 15) is 22.4 Å². The third-order valence-electron chi connectivity index (χ3n) is 5.65. The van der Waals surface area contributed by atoms with Gasteiger partial charge in [-0.15, -0.1) is 0 Å². The summed E-state index contributed by atoms with van der Waals surface area (Å²) in [5.74, 6) is -0.954. The first-order valence-electron chi connectivity index (χ1n) is 11.5. The molecule has 2 amide bonds. The van der Waals surface area contributed by atoms with Crippen molar-refractivity contribution in [1.82, 2.24) is 10.2 Å². The number of halogens is 1. The van der Waals surface area contributed by atoms with Crippen molar-refractivity contribution >= 4 is 27.5 Å². The second-order valence-corrected chi connectivity index (χ2v) is 10.3. The topological polar surface area (TPSA) is 96.0 Å². The Balaban J connectivity index is 2.45. The number of sulfonamides is 1. The largest absolute Gasteiger partial charge is 0.497 e. The molecule has 0 aromatic heterocycles. The summed E-state index contributed by atoms with van der Waals surface area (Å²) in [7, 11) is -2.40. The van der Waals surface area contributed by atoms with E-state index in [1.54, 1.807) is 31.2 Å². The molecule has 1 N–H and O–H groups in total. The van der Waals surface area contributed by atoms with Gasteiger partial charge in [0.25, 0.3) is 0 Å². The van der Waals surface area contributed by atoms with Crippen molar-refractivity contribution in [3.8, 4) is 5.75 Å². The molecule has 0 unspecified atom stereocenters. The fraction of sp³-hybridized carbons (Fsp3) is 0.440.